The first-order valence-corrected chi connectivity index (χ1v) is 14.3. The molecule has 0 bridgehead atoms. The zero-order valence-electron chi connectivity index (χ0n) is 23.7. The third-order valence-electron chi connectivity index (χ3n) is 7.63. The molecule has 4 aromatic heterocycles. The van der Waals surface area contributed by atoms with Gasteiger partial charge in [0.2, 0.25) is 0 Å². The van der Waals surface area contributed by atoms with E-state index in [2.05, 4.69) is 55.2 Å². The highest BCUT2D eigenvalue weighted by atomic mass is 16.4. The number of aryl methyl sites for hydroxylation is 1. The van der Waals surface area contributed by atoms with Crippen LogP contribution >= 0.6 is 0 Å². The van der Waals surface area contributed by atoms with Crippen LogP contribution in [0.15, 0.2) is 73.2 Å². The number of H-pyrrole nitrogens is 1. The molecule has 10 nitrogen and oxygen atoms in total. The van der Waals surface area contributed by atoms with Crippen LogP contribution in [-0.2, 0) is 6.54 Å². The van der Waals surface area contributed by atoms with Gasteiger partial charge in [-0.25, -0.2) is 14.8 Å². The standard InChI is InChI=1S/C33H31N7O3/c1-39-15-6-10-30(39)29-17-24-19-34-31(18-28(24)37-29)38-32(41)23-13-11-22(12-14-23)25-20-35-40(21-25)16-4-2-3-7-26-8-5-9-27(36-26)33(42)43/h5,8-9,11-14,17-21,30,37H,2,4,6,10,15-16H2,1H3,(H,42,43)(H,34,38,41)/t30-/m1/s1. The fourth-order valence-corrected chi connectivity index (χ4v) is 5.34. The number of likely N-dealkylation sites (tertiary alicyclic amines) is 1. The average molecular weight is 574 g/mol. The zero-order chi connectivity index (χ0) is 29.8. The minimum absolute atomic E-state index is 0.0166. The first kappa shape index (κ1) is 27.9. The molecule has 5 heterocycles. The number of nitrogens with zero attached hydrogens (tertiary/aromatic N) is 5. The lowest BCUT2D eigenvalue weighted by Crippen LogP contribution is -2.17. The molecule has 10 heteroatoms. The van der Waals surface area contributed by atoms with Crippen LogP contribution in [0.2, 0.25) is 0 Å². The second-order valence-electron chi connectivity index (χ2n) is 10.7. The van der Waals surface area contributed by atoms with Crippen LogP contribution in [0.25, 0.3) is 22.0 Å². The van der Waals surface area contributed by atoms with Crippen molar-refractivity contribution < 1.29 is 14.7 Å². The number of carboxylic acid groups (broad SMARTS) is 1. The number of aromatic carboxylic acids is 1. The van der Waals surface area contributed by atoms with Crippen LogP contribution in [0.3, 0.4) is 0 Å². The molecule has 1 aromatic carbocycles. The average Bonchev–Trinajstić information content (AvgIpc) is 3.77. The van der Waals surface area contributed by atoms with Gasteiger partial charge in [0.15, 0.2) is 0 Å². The number of aromatic amines is 1. The molecule has 216 valence electrons. The van der Waals surface area contributed by atoms with Gasteiger partial charge in [0.25, 0.3) is 5.91 Å². The quantitative estimate of drug-likeness (QED) is 0.168. The number of rotatable bonds is 8. The van der Waals surface area contributed by atoms with Gasteiger partial charge in [-0.15, -0.1) is 0 Å². The van der Waals surface area contributed by atoms with Gasteiger partial charge < -0.3 is 15.4 Å². The number of carbonyl (C=O) groups is 2. The van der Waals surface area contributed by atoms with Gasteiger partial charge in [0, 0.05) is 59.7 Å². The maximum absolute atomic E-state index is 12.9. The van der Waals surface area contributed by atoms with Crippen molar-refractivity contribution in [2.75, 3.05) is 18.9 Å². The summed E-state index contributed by atoms with van der Waals surface area (Å²) in [5.41, 5.74) is 5.03. The summed E-state index contributed by atoms with van der Waals surface area (Å²) in [7, 11) is 2.15. The van der Waals surface area contributed by atoms with Crippen LogP contribution in [0.4, 0.5) is 5.82 Å². The van der Waals surface area contributed by atoms with Gasteiger partial charge in [0.05, 0.1) is 11.7 Å². The highest BCUT2D eigenvalue weighted by Crippen LogP contribution is 2.32. The number of unbranched alkanes of at least 4 members (excludes halogenated alkanes) is 1. The molecule has 0 aliphatic carbocycles. The number of nitrogens with one attached hydrogen (secondary N) is 2. The van der Waals surface area contributed by atoms with E-state index in [1.165, 1.54) is 18.2 Å². The topological polar surface area (TPSA) is 129 Å². The maximum Gasteiger partial charge on any atom is 0.354 e. The van der Waals surface area contributed by atoms with Crippen molar-refractivity contribution in [3.05, 3.63) is 95.8 Å². The van der Waals surface area contributed by atoms with E-state index in [9.17, 15) is 9.59 Å². The van der Waals surface area contributed by atoms with Gasteiger partial charge in [-0.1, -0.05) is 24.1 Å². The van der Waals surface area contributed by atoms with Gasteiger partial charge in [-0.2, -0.15) is 5.10 Å². The lowest BCUT2D eigenvalue weighted by molar-refractivity contribution is 0.0690. The van der Waals surface area contributed by atoms with Gasteiger partial charge in [-0.3, -0.25) is 14.4 Å². The summed E-state index contributed by atoms with van der Waals surface area (Å²) in [5.74, 6) is 5.17. The first-order valence-electron chi connectivity index (χ1n) is 14.3. The molecular weight excluding hydrogens is 542 g/mol. The van der Waals surface area contributed by atoms with Gasteiger partial charge >= 0.3 is 5.97 Å². The summed E-state index contributed by atoms with van der Waals surface area (Å²) in [6.45, 7) is 1.79. The number of benzene rings is 1. The highest BCUT2D eigenvalue weighted by Gasteiger charge is 2.24. The number of aromatic nitrogens is 5. The molecule has 1 aliphatic heterocycles. The van der Waals surface area contributed by atoms with Crippen molar-refractivity contribution in [2.24, 2.45) is 0 Å². The van der Waals surface area contributed by atoms with Crippen LogP contribution in [0, 0.1) is 11.8 Å². The maximum atomic E-state index is 12.9. The van der Waals surface area contributed by atoms with E-state index in [-0.39, 0.29) is 11.6 Å². The SMILES string of the molecule is CN1CCC[C@@H]1c1cc2cnc(NC(=O)c3ccc(-c4cnn(CCCC#Cc5cccc(C(=O)O)n5)c4)cc3)cc2[nH]1. The highest BCUT2D eigenvalue weighted by molar-refractivity contribution is 6.04. The van der Waals surface area contributed by atoms with Crippen molar-refractivity contribution in [3.8, 4) is 23.0 Å². The molecular formula is C33H31N7O3. The normalized spacial score (nSPS) is 14.9. The monoisotopic (exact) mass is 573 g/mol. The third-order valence-corrected chi connectivity index (χ3v) is 7.63. The van der Waals surface area contributed by atoms with Crippen LogP contribution in [0.5, 0.6) is 0 Å². The Morgan fingerprint density at radius 2 is 1.98 bits per heavy atom. The predicted octanol–water partition coefficient (Wildman–Crippen LogP) is 5.37. The summed E-state index contributed by atoms with van der Waals surface area (Å²) < 4.78 is 1.86. The van der Waals surface area contributed by atoms with Crippen LogP contribution < -0.4 is 5.32 Å². The van der Waals surface area contributed by atoms with Crippen molar-refractivity contribution in [1.29, 1.82) is 0 Å². The minimum atomic E-state index is -1.07. The molecule has 43 heavy (non-hydrogen) atoms. The number of anilines is 1. The molecule has 0 unspecified atom stereocenters. The molecule has 1 saturated heterocycles. The van der Waals surface area contributed by atoms with E-state index >= 15 is 0 Å². The number of amides is 1. The Bertz CT molecular complexity index is 1850. The molecule has 1 aliphatic rings. The van der Waals surface area contributed by atoms with E-state index in [1.807, 2.05) is 29.1 Å². The third kappa shape index (κ3) is 6.47. The second kappa shape index (κ2) is 12.3. The Morgan fingerprint density at radius 1 is 1.12 bits per heavy atom. The molecule has 0 saturated carbocycles. The Kier molecular flexibility index (Phi) is 7.98. The van der Waals surface area contributed by atoms with Crippen molar-refractivity contribution in [1.82, 2.24) is 29.6 Å². The lowest BCUT2D eigenvalue weighted by atomic mass is 10.1. The Hall–Kier alpha value is -5.27. The molecule has 1 fully saturated rings. The second-order valence-corrected chi connectivity index (χ2v) is 10.7. The fourth-order valence-electron chi connectivity index (χ4n) is 5.34. The number of carboxylic acids is 1. The molecule has 0 spiro atoms. The lowest BCUT2D eigenvalue weighted by Gasteiger charge is -2.17. The molecule has 6 rings (SSSR count). The molecule has 5 aromatic rings. The van der Waals surface area contributed by atoms with E-state index < -0.39 is 5.97 Å². The molecule has 0 radical (unpaired) electrons. The summed E-state index contributed by atoms with van der Waals surface area (Å²) in [6.07, 6.45) is 9.31. The fraction of sp³-hybridized carbons (Fsp3) is 0.242. The zero-order valence-corrected chi connectivity index (χ0v) is 23.7. The van der Waals surface area contributed by atoms with Crippen LogP contribution in [-0.4, -0.2) is 60.2 Å². The first-order chi connectivity index (χ1) is 20.9. The largest absolute Gasteiger partial charge is 0.477 e. The summed E-state index contributed by atoms with van der Waals surface area (Å²) in [6, 6.07) is 16.6. The number of hydrogen-bond acceptors (Lipinski definition) is 6. The Morgan fingerprint density at radius 3 is 2.77 bits per heavy atom. The predicted molar refractivity (Wildman–Crippen MR) is 164 cm³/mol. The van der Waals surface area contributed by atoms with Gasteiger partial charge in [0.1, 0.15) is 17.2 Å². The smallest absolute Gasteiger partial charge is 0.354 e. The molecule has 1 amide bonds. The van der Waals surface area contributed by atoms with Crippen molar-refractivity contribution in [2.45, 2.75) is 38.3 Å². The van der Waals surface area contributed by atoms with Crippen molar-refractivity contribution >= 4 is 28.6 Å². The summed E-state index contributed by atoms with van der Waals surface area (Å²) >= 11 is 0. The van der Waals surface area contributed by atoms with Crippen molar-refractivity contribution in [3.63, 3.8) is 0 Å². The summed E-state index contributed by atoms with van der Waals surface area (Å²) in [4.78, 5) is 38.3. The van der Waals surface area contributed by atoms with E-state index in [0.717, 1.165) is 41.4 Å². The van der Waals surface area contributed by atoms with Crippen LogP contribution in [0.1, 0.15) is 64.0 Å². The minimum Gasteiger partial charge on any atom is -0.477 e. The Labute approximate surface area is 248 Å². The number of carbonyl (C=O) groups excluding carboxylic acids is 1. The van der Waals surface area contributed by atoms with E-state index in [1.54, 1.807) is 36.7 Å². The van der Waals surface area contributed by atoms with E-state index in [4.69, 9.17) is 5.11 Å². The van der Waals surface area contributed by atoms with Gasteiger partial charge in [-0.05, 0) is 74.7 Å². The number of fused-ring (bicyclic) bond motifs is 1. The molecule has 3 N–H and O–H groups in total. The number of hydrogen-bond donors (Lipinski definition) is 3. The Balaban J connectivity index is 1.02. The van der Waals surface area contributed by atoms with E-state index in [0.29, 0.717) is 36.1 Å². The molecule has 1 atom stereocenters. The number of pyridine rings is 2. The summed E-state index contributed by atoms with van der Waals surface area (Å²) in [5, 5.41) is 17.4.